The van der Waals surface area contributed by atoms with Crippen molar-refractivity contribution in [2.24, 2.45) is 16.7 Å². The topological polar surface area (TPSA) is 180 Å². The molecule has 11 nitrogen and oxygen atoms in total. The molecular formula is C29H36O11. The van der Waals surface area contributed by atoms with Gasteiger partial charge >= 0.3 is 17.9 Å². The largest absolute Gasteiger partial charge is 0.463 e. The number of carbonyl (C=O) groups is 3. The van der Waals surface area contributed by atoms with E-state index in [0.717, 1.165) is 6.92 Å². The molecule has 3 aliphatic carbocycles. The van der Waals surface area contributed by atoms with E-state index < -0.39 is 88.9 Å². The van der Waals surface area contributed by atoms with E-state index >= 15 is 0 Å². The summed E-state index contributed by atoms with van der Waals surface area (Å²) in [5.74, 6) is -4.28. The smallest absolute Gasteiger partial charge is 0.343 e. The van der Waals surface area contributed by atoms with E-state index in [1.807, 2.05) is 0 Å². The van der Waals surface area contributed by atoms with Crippen LogP contribution in [0.1, 0.15) is 57.8 Å². The van der Waals surface area contributed by atoms with E-state index in [0.29, 0.717) is 0 Å². The van der Waals surface area contributed by atoms with Gasteiger partial charge in [-0.25, -0.2) is 9.59 Å². The molecule has 9 atom stereocenters. The molecule has 40 heavy (non-hydrogen) atoms. The highest BCUT2D eigenvalue weighted by Gasteiger charge is 2.86. The van der Waals surface area contributed by atoms with Crippen molar-refractivity contribution in [2.75, 3.05) is 6.61 Å². The lowest BCUT2D eigenvalue weighted by molar-refractivity contribution is -0.340. The first-order chi connectivity index (χ1) is 18.5. The molecule has 218 valence electrons. The number of hydrogen-bond donors (Lipinski definition) is 5. The first-order valence-corrected chi connectivity index (χ1v) is 13.3. The molecule has 1 saturated heterocycles. The molecule has 3 fully saturated rings. The molecule has 0 spiro atoms. The summed E-state index contributed by atoms with van der Waals surface area (Å²) in [4.78, 5) is 39.3. The van der Waals surface area contributed by atoms with Crippen LogP contribution in [0.2, 0.25) is 0 Å². The van der Waals surface area contributed by atoms with Crippen molar-refractivity contribution in [3.8, 4) is 0 Å². The lowest BCUT2D eigenvalue weighted by Crippen LogP contribution is -2.85. The van der Waals surface area contributed by atoms with Gasteiger partial charge in [-0.05, 0) is 50.5 Å². The fourth-order valence-corrected chi connectivity index (χ4v) is 8.07. The third-order valence-corrected chi connectivity index (χ3v) is 10.2. The van der Waals surface area contributed by atoms with E-state index in [2.05, 4.69) is 0 Å². The van der Waals surface area contributed by atoms with Crippen molar-refractivity contribution in [3.63, 3.8) is 0 Å². The highest BCUT2D eigenvalue weighted by atomic mass is 16.6. The number of carbonyl (C=O) groups excluding carboxylic acids is 3. The molecule has 0 aromatic heterocycles. The normalized spacial score (nSPS) is 43.4. The van der Waals surface area contributed by atoms with Crippen molar-refractivity contribution in [2.45, 2.75) is 88.7 Å². The third kappa shape index (κ3) is 3.32. The number of fused-ring (bicyclic) bond motifs is 2. The Kier molecular flexibility index (Phi) is 6.34. The summed E-state index contributed by atoms with van der Waals surface area (Å²) in [6, 6.07) is 8.01. The van der Waals surface area contributed by atoms with Crippen molar-refractivity contribution in [1.29, 1.82) is 0 Å². The van der Waals surface area contributed by atoms with E-state index in [1.165, 1.54) is 19.1 Å². The maximum Gasteiger partial charge on any atom is 0.343 e. The maximum absolute atomic E-state index is 13.8. The Morgan fingerprint density at radius 3 is 2.27 bits per heavy atom. The van der Waals surface area contributed by atoms with E-state index in [9.17, 15) is 39.9 Å². The second kappa shape index (κ2) is 8.83. The SMILES string of the molecule is CC(=O)OC[C@@]1(O)C2[C@H](OC(=O)c3ccccc3)C34C[C@H](O)C(C)=C3C(O)(C(=O)OC4(C)C)[C@]2(C)[C@@H](O)C[C@@H]1O. The summed E-state index contributed by atoms with van der Waals surface area (Å²) >= 11 is 0. The van der Waals surface area contributed by atoms with Gasteiger partial charge < -0.3 is 39.7 Å². The van der Waals surface area contributed by atoms with Crippen LogP contribution in [-0.2, 0) is 23.8 Å². The number of cyclic esters (lactones) is 1. The van der Waals surface area contributed by atoms with Crippen LogP contribution < -0.4 is 0 Å². The monoisotopic (exact) mass is 560 g/mol. The van der Waals surface area contributed by atoms with E-state index in [-0.39, 0.29) is 23.1 Å². The van der Waals surface area contributed by atoms with Crippen LogP contribution >= 0.6 is 0 Å². The second-order valence-electron chi connectivity index (χ2n) is 12.4. The Morgan fingerprint density at radius 1 is 1.05 bits per heavy atom. The number of hydrogen-bond acceptors (Lipinski definition) is 11. The second-order valence-corrected chi connectivity index (χ2v) is 12.4. The Labute approximate surface area is 231 Å². The molecule has 2 saturated carbocycles. The molecule has 3 unspecified atom stereocenters. The summed E-state index contributed by atoms with van der Waals surface area (Å²) in [5.41, 5.74) is -9.68. The first-order valence-electron chi connectivity index (χ1n) is 13.3. The zero-order valence-electron chi connectivity index (χ0n) is 23.1. The van der Waals surface area contributed by atoms with Crippen molar-refractivity contribution in [3.05, 3.63) is 47.0 Å². The summed E-state index contributed by atoms with van der Waals surface area (Å²) < 4.78 is 17.2. The molecule has 2 bridgehead atoms. The van der Waals surface area contributed by atoms with Gasteiger partial charge in [-0.3, -0.25) is 4.79 Å². The van der Waals surface area contributed by atoms with Crippen molar-refractivity contribution < 1.29 is 54.1 Å². The Morgan fingerprint density at radius 2 is 1.68 bits per heavy atom. The Hall–Kier alpha value is -2.83. The van der Waals surface area contributed by atoms with E-state index in [1.54, 1.807) is 39.0 Å². The molecule has 1 heterocycles. The minimum absolute atomic E-state index is 0.0589. The third-order valence-electron chi connectivity index (χ3n) is 10.2. The van der Waals surface area contributed by atoms with E-state index in [4.69, 9.17) is 14.2 Å². The summed E-state index contributed by atoms with van der Waals surface area (Å²) in [6.45, 7) is 6.35. The number of rotatable bonds is 4. The Bertz CT molecular complexity index is 1290. The van der Waals surface area contributed by atoms with Crippen molar-refractivity contribution >= 4 is 17.9 Å². The molecule has 1 aliphatic heterocycles. The predicted molar refractivity (Wildman–Crippen MR) is 136 cm³/mol. The summed E-state index contributed by atoms with van der Waals surface area (Å²) in [7, 11) is 0. The highest BCUT2D eigenvalue weighted by molar-refractivity contribution is 5.91. The zero-order chi connectivity index (χ0) is 29.6. The molecule has 5 N–H and O–H groups in total. The van der Waals surface area contributed by atoms with Gasteiger partial charge in [-0.2, -0.15) is 0 Å². The minimum Gasteiger partial charge on any atom is -0.463 e. The molecule has 11 heteroatoms. The van der Waals surface area contributed by atoms with Crippen LogP contribution in [0.15, 0.2) is 41.5 Å². The number of aliphatic hydroxyl groups is 5. The molecular weight excluding hydrogens is 524 g/mol. The van der Waals surface area contributed by atoms with Crippen LogP contribution in [0.3, 0.4) is 0 Å². The number of ether oxygens (including phenoxy) is 3. The standard InChI is InChI=1S/C29H36O11/c1-14-17(31)12-27-20(14)29(37,24(35)40-25(27,3)4)26(5)18(32)11-19(33)28(36,13-38-15(2)30)21(26)22(27)39-23(34)16-9-7-6-8-10-16/h6-10,17-19,21-22,31-33,36-37H,11-13H2,1-5H3/t17-,18-,19-,21?,22-,26+,27?,28-,29?/m0/s1. The molecule has 0 amide bonds. The fraction of sp³-hybridized carbons (Fsp3) is 0.621. The Balaban J connectivity index is 1.85. The number of aliphatic hydroxyl groups excluding tert-OH is 3. The summed E-state index contributed by atoms with van der Waals surface area (Å²) in [5, 5.41) is 58.7. The fourth-order valence-electron chi connectivity index (χ4n) is 8.07. The molecule has 4 aliphatic rings. The predicted octanol–water partition coefficient (Wildman–Crippen LogP) is 0.402. The average Bonchev–Trinajstić information content (AvgIpc) is 3.17. The van der Waals surface area contributed by atoms with Crippen molar-refractivity contribution in [1.82, 2.24) is 0 Å². The average molecular weight is 561 g/mol. The molecule has 1 aromatic carbocycles. The number of benzene rings is 1. The van der Waals surface area contributed by atoms with Crippen LogP contribution in [0.4, 0.5) is 0 Å². The summed E-state index contributed by atoms with van der Waals surface area (Å²) in [6.07, 6.45) is -6.69. The van der Waals surface area contributed by atoms with Crippen LogP contribution in [-0.4, -0.2) is 91.3 Å². The van der Waals surface area contributed by atoms with Gasteiger partial charge in [0.15, 0.2) is 5.60 Å². The molecule has 5 rings (SSSR count). The minimum atomic E-state index is -2.60. The van der Waals surface area contributed by atoms with Gasteiger partial charge in [0, 0.05) is 24.7 Å². The molecule has 1 aromatic rings. The number of esters is 3. The van der Waals surface area contributed by atoms with Gasteiger partial charge in [0.25, 0.3) is 0 Å². The quantitative estimate of drug-likeness (QED) is 0.195. The van der Waals surface area contributed by atoms with Gasteiger partial charge in [0.2, 0.25) is 0 Å². The maximum atomic E-state index is 13.8. The lowest BCUT2D eigenvalue weighted by atomic mass is 9.38. The lowest BCUT2D eigenvalue weighted by Gasteiger charge is -2.71. The van der Waals surface area contributed by atoms with Gasteiger partial charge in [0.05, 0.1) is 29.3 Å². The van der Waals surface area contributed by atoms with Crippen LogP contribution in [0, 0.1) is 16.7 Å². The van der Waals surface area contributed by atoms with Gasteiger partial charge in [0.1, 0.15) is 23.9 Å². The zero-order valence-corrected chi connectivity index (χ0v) is 23.1. The van der Waals surface area contributed by atoms with Crippen LogP contribution in [0.5, 0.6) is 0 Å². The highest BCUT2D eigenvalue weighted by Crippen LogP contribution is 2.74. The van der Waals surface area contributed by atoms with Gasteiger partial charge in [-0.15, -0.1) is 0 Å². The van der Waals surface area contributed by atoms with Gasteiger partial charge in [-0.1, -0.05) is 25.1 Å². The van der Waals surface area contributed by atoms with Crippen LogP contribution in [0.25, 0.3) is 0 Å². The first kappa shape index (κ1) is 28.7. The molecule has 0 radical (unpaired) electrons.